The van der Waals surface area contributed by atoms with E-state index in [1.165, 1.54) is 12.1 Å². The molecule has 0 heterocycles. The van der Waals surface area contributed by atoms with Gasteiger partial charge in [0.05, 0.1) is 10.6 Å². The Labute approximate surface area is 132 Å². The zero-order valence-corrected chi connectivity index (χ0v) is 13.6. The minimum atomic E-state index is -0.490. The van der Waals surface area contributed by atoms with E-state index in [0.29, 0.717) is 29.0 Å². The normalized spacial score (nSPS) is 12.0. The van der Waals surface area contributed by atoms with Crippen LogP contribution in [0, 0.1) is 16.0 Å². The number of amides is 1. The number of nitro groups is 1. The Morgan fingerprint density at radius 2 is 2.19 bits per heavy atom. The fourth-order valence-electron chi connectivity index (χ4n) is 2.06. The quantitative estimate of drug-likeness (QED) is 0.549. The highest BCUT2D eigenvalue weighted by atomic mass is 79.9. The Hall–Kier alpha value is -1.47. The van der Waals surface area contributed by atoms with Gasteiger partial charge in [0, 0.05) is 23.0 Å². The predicted octanol–water partition coefficient (Wildman–Crippen LogP) is 3.45. The standard InChI is InChI=1S/C14H20BrN3O3/c1-2-10(7-8-16)3-6-14(19)17-13-9-11(18(20)21)4-5-12(13)15/h4-5,9-10H,2-3,6-8,16H2,1H3,(H,17,19). The molecule has 7 heteroatoms. The lowest BCUT2D eigenvalue weighted by molar-refractivity contribution is -0.384. The van der Waals surface area contributed by atoms with Crippen LogP contribution in [-0.4, -0.2) is 17.4 Å². The van der Waals surface area contributed by atoms with Crippen molar-refractivity contribution in [2.45, 2.75) is 32.6 Å². The number of benzene rings is 1. The molecule has 0 saturated carbocycles. The van der Waals surface area contributed by atoms with E-state index in [1.54, 1.807) is 6.07 Å². The number of carbonyl (C=O) groups excluding carboxylic acids is 1. The van der Waals surface area contributed by atoms with E-state index in [-0.39, 0.29) is 11.6 Å². The minimum absolute atomic E-state index is 0.0527. The number of rotatable bonds is 8. The van der Waals surface area contributed by atoms with E-state index in [0.717, 1.165) is 19.3 Å². The van der Waals surface area contributed by atoms with Crippen molar-refractivity contribution in [3.05, 3.63) is 32.8 Å². The van der Waals surface area contributed by atoms with Crippen LogP contribution >= 0.6 is 15.9 Å². The Balaban J connectivity index is 2.62. The molecule has 0 bridgehead atoms. The molecule has 1 aromatic carbocycles. The molecule has 0 aromatic heterocycles. The van der Waals surface area contributed by atoms with Crippen LogP contribution < -0.4 is 11.1 Å². The van der Waals surface area contributed by atoms with Crippen LogP contribution in [0.1, 0.15) is 32.6 Å². The van der Waals surface area contributed by atoms with Crippen LogP contribution in [0.15, 0.2) is 22.7 Å². The Morgan fingerprint density at radius 1 is 1.48 bits per heavy atom. The monoisotopic (exact) mass is 357 g/mol. The van der Waals surface area contributed by atoms with Gasteiger partial charge in [-0.1, -0.05) is 13.3 Å². The van der Waals surface area contributed by atoms with Crippen LogP contribution in [0.3, 0.4) is 0 Å². The molecule has 1 atom stereocenters. The first-order valence-corrected chi connectivity index (χ1v) is 7.71. The number of anilines is 1. The van der Waals surface area contributed by atoms with Gasteiger partial charge in [-0.2, -0.15) is 0 Å². The molecule has 0 aliphatic heterocycles. The molecule has 116 valence electrons. The van der Waals surface area contributed by atoms with Crippen molar-refractivity contribution in [1.29, 1.82) is 0 Å². The van der Waals surface area contributed by atoms with Gasteiger partial charge < -0.3 is 11.1 Å². The summed E-state index contributed by atoms with van der Waals surface area (Å²) in [6, 6.07) is 4.28. The molecule has 0 radical (unpaired) electrons. The van der Waals surface area contributed by atoms with E-state index in [2.05, 4.69) is 28.2 Å². The van der Waals surface area contributed by atoms with E-state index in [1.807, 2.05) is 0 Å². The third-order valence-electron chi connectivity index (χ3n) is 3.37. The summed E-state index contributed by atoms with van der Waals surface area (Å²) in [5.74, 6) is 0.293. The van der Waals surface area contributed by atoms with E-state index in [4.69, 9.17) is 5.73 Å². The molecule has 1 unspecified atom stereocenters. The molecule has 0 fully saturated rings. The second-order valence-corrected chi connectivity index (χ2v) is 5.71. The summed E-state index contributed by atoms with van der Waals surface area (Å²) >= 11 is 3.27. The number of halogens is 1. The highest BCUT2D eigenvalue weighted by molar-refractivity contribution is 9.10. The summed E-state index contributed by atoms with van der Waals surface area (Å²) < 4.78 is 0.621. The maximum absolute atomic E-state index is 11.9. The number of hydrogen-bond acceptors (Lipinski definition) is 4. The van der Waals surface area contributed by atoms with Crippen LogP contribution in [0.25, 0.3) is 0 Å². The number of non-ortho nitro benzene ring substituents is 1. The maximum Gasteiger partial charge on any atom is 0.271 e. The van der Waals surface area contributed by atoms with Gasteiger partial charge in [0.2, 0.25) is 5.91 Å². The van der Waals surface area contributed by atoms with Gasteiger partial charge in [-0.3, -0.25) is 14.9 Å². The Kier molecular flexibility index (Phi) is 7.31. The first-order chi connectivity index (χ1) is 9.97. The highest BCUT2D eigenvalue weighted by Gasteiger charge is 2.13. The van der Waals surface area contributed by atoms with Gasteiger partial charge in [-0.25, -0.2) is 0 Å². The zero-order chi connectivity index (χ0) is 15.8. The average Bonchev–Trinajstić information content (AvgIpc) is 2.45. The second-order valence-electron chi connectivity index (χ2n) is 4.86. The van der Waals surface area contributed by atoms with Crippen LogP contribution in [0.5, 0.6) is 0 Å². The van der Waals surface area contributed by atoms with Crippen molar-refractivity contribution < 1.29 is 9.72 Å². The highest BCUT2D eigenvalue weighted by Crippen LogP contribution is 2.27. The second kappa shape index (κ2) is 8.74. The number of carbonyl (C=O) groups is 1. The molecule has 21 heavy (non-hydrogen) atoms. The lowest BCUT2D eigenvalue weighted by atomic mass is 9.96. The van der Waals surface area contributed by atoms with Crippen LogP contribution in [-0.2, 0) is 4.79 Å². The number of nitrogens with zero attached hydrogens (tertiary/aromatic N) is 1. The fraction of sp³-hybridized carbons (Fsp3) is 0.500. The fourth-order valence-corrected chi connectivity index (χ4v) is 2.40. The number of nitrogens with two attached hydrogens (primary N) is 1. The molecule has 3 N–H and O–H groups in total. The molecule has 1 aromatic rings. The van der Waals surface area contributed by atoms with Gasteiger partial charge in [0.1, 0.15) is 0 Å². The number of hydrogen-bond donors (Lipinski definition) is 2. The van der Waals surface area contributed by atoms with Crippen LogP contribution in [0.4, 0.5) is 11.4 Å². The van der Waals surface area contributed by atoms with Crippen LogP contribution in [0.2, 0.25) is 0 Å². The summed E-state index contributed by atoms with van der Waals surface area (Å²) in [7, 11) is 0. The van der Waals surface area contributed by atoms with Crippen molar-refractivity contribution >= 4 is 33.2 Å². The lowest BCUT2D eigenvalue weighted by Crippen LogP contribution is -2.15. The summed E-state index contributed by atoms with van der Waals surface area (Å²) in [5.41, 5.74) is 5.89. The van der Waals surface area contributed by atoms with Gasteiger partial charge in [0.15, 0.2) is 0 Å². The summed E-state index contributed by atoms with van der Waals surface area (Å²) in [6.07, 6.45) is 3.05. The van der Waals surface area contributed by atoms with E-state index >= 15 is 0 Å². The molecule has 0 aliphatic rings. The molecule has 1 rings (SSSR count). The SMILES string of the molecule is CCC(CCN)CCC(=O)Nc1cc([N+](=O)[O-])ccc1Br. The van der Waals surface area contributed by atoms with Crippen molar-refractivity contribution in [2.24, 2.45) is 11.7 Å². The Morgan fingerprint density at radius 3 is 2.76 bits per heavy atom. The smallest absolute Gasteiger partial charge is 0.271 e. The first-order valence-electron chi connectivity index (χ1n) is 6.91. The molecule has 6 nitrogen and oxygen atoms in total. The van der Waals surface area contributed by atoms with Crippen molar-refractivity contribution in [2.75, 3.05) is 11.9 Å². The maximum atomic E-state index is 11.9. The molecule has 1 amide bonds. The molecule has 0 saturated heterocycles. The van der Waals surface area contributed by atoms with E-state index in [9.17, 15) is 14.9 Å². The minimum Gasteiger partial charge on any atom is -0.330 e. The van der Waals surface area contributed by atoms with Crippen molar-refractivity contribution in [3.8, 4) is 0 Å². The van der Waals surface area contributed by atoms with Gasteiger partial charge in [-0.15, -0.1) is 0 Å². The third kappa shape index (κ3) is 5.81. The van der Waals surface area contributed by atoms with Gasteiger partial charge in [0.25, 0.3) is 5.69 Å². The number of nitrogens with one attached hydrogen (secondary N) is 1. The summed E-state index contributed by atoms with van der Waals surface area (Å²) in [5, 5.41) is 13.4. The van der Waals surface area contributed by atoms with Crippen molar-refractivity contribution in [1.82, 2.24) is 0 Å². The molecule has 0 spiro atoms. The summed E-state index contributed by atoms with van der Waals surface area (Å²) in [6.45, 7) is 2.70. The van der Waals surface area contributed by atoms with Gasteiger partial charge in [-0.05, 0) is 47.3 Å². The van der Waals surface area contributed by atoms with Gasteiger partial charge >= 0.3 is 0 Å². The third-order valence-corrected chi connectivity index (χ3v) is 4.06. The van der Waals surface area contributed by atoms with Crippen molar-refractivity contribution in [3.63, 3.8) is 0 Å². The topological polar surface area (TPSA) is 98.3 Å². The predicted molar refractivity (Wildman–Crippen MR) is 86.1 cm³/mol. The molecular formula is C14H20BrN3O3. The molecular weight excluding hydrogens is 338 g/mol. The lowest BCUT2D eigenvalue weighted by Gasteiger charge is -2.13. The Bertz CT molecular complexity index is 508. The average molecular weight is 358 g/mol. The molecule has 0 aliphatic carbocycles. The zero-order valence-electron chi connectivity index (χ0n) is 12.0. The number of nitro benzene ring substituents is 1. The summed E-state index contributed by atoms with van der Waals surface area (Å²) in [4.78, 5) is 22.2. The van der Waals surface area contributed by atoms with E-state index < -0.39 is 4.92 Å². The first kappa shape index (κ1) is 17.6. The largest absolute Gasteiger partial charge is 0.330 e.